The second-order valence-corrected chi connectivity index (χ2v) is 4.76. The Bertz CT molecular complexity index is 608. The van der Waals surface area contributed by atoms with Crippen LogP contribution in [-0.2, 0) is 4.74 Å². The van der Waals surface area contributed by atoms with Crippen molar-refractivity contribution in [3.05, 3.63) is 59.7 Å². The van der Waals surface area contributed by atoms with Gasteiger partial charge >= 0.3 is 5.97 Å². The highest BCUT2D eigenvalue weighted by molar-refractivity contribution is 5.89. The molecule has 1 atom stereocenters. The molecule has 110 valence electrons. The second-order valence-electron chi connectivity index (χ2n) is 4.76. The van der Waals surface area contributed by atoms with E-state index in [0.717, 1.165) is 11.3 Å². The first kappa shape index (κ1) is 14.9. The quantitative estimate of drug-likeness (QED) is 0.822. The van der Waals surface area contributed by atoms with Gasteiger partial charge in [-0.15, -0.1) is 0 Å². The van der Waals surface area contributed by atoms with Crippen molar-refractivity contribution in [2.45, 2.75) is 19.9 Å². The molecule has 0 aliphatic carbocycles. The van der Waals surface area contributed by atoms with E-state index in [1.54, 1.807) is 31.2 Å². The molecule has 0 aromatic heterocycles. The highest BCUT2D eigenvalue weighted by atomic mass is 16.5. The van der Waals surface area contributed by atoms with Gasteiger partial charge in [-0.3, -0.25) is 0 Å². The monoisotopic (exact) mass is 285 g/mol. The van der Waals surface area contributed by atoms with Gasteiger partial charge in [0.15, 0.2) is 0 Å². The lowest BCUT2D eigenvalue weighted by Crippen LogP contribution is -2.07. The number of hydrogen-bond donors (Lipinski definition) is 2. The molecule has 0 heterocycles. The van der Waals surface area contributed by atoms with Gasteiger partial charge in [-0.2, -0.15) is 0 Å². The molecule has 2 aromatic carbocycles. The number of benzene rings is 2. The lowest BCUT2D eigenvalue weighted by Gasteiger charge is -2.16. The molecule has 2 aromatic rings. The number of esters is 1. The van der Waals surface area contributed by atoms with Crippen molar-refractivity contribution in [2.24, 2.45) is 0 Å². The number of ether oxygens (including phenoxy) is 1. The van der Waals surface area contributed by atoms with Gasteiger partial charge in [0.1, 0.15) is 5.75 Å². The van der Waals surface area contributed by atoms with Crippen LogP contribution in [0.4, 0.5) is 5.69 Å². The number of hydrogen-bond acceptors (Lipinski definition) is 4. The fourth-order valence-electron chi connectivity index (χ4n) is 2.04. The number of aromatic hydroxyl groups is 1. The minimum atomic E-state index is -0.315. The SMILES string of the molecule is CCOC(=O)c1ccc(NC(C)c2cccc(O)c2)cc1. The van der Waals surface area contributed by atoms with Crippen molar-refractivity contribution in [2.75, 3.05) is 11.9 Å². The Morgan fingerprint density at radius 3 is 2.57 bits per heavy atom. The number of carbonyl (C=O) groups excluding carboxylic acids is 1. The summed E-state index contributed by atoms with van der Waals surface area (Å²) in [6.45, 7) is 4.16. The Balaban J connectivity index is 2.04. The van der Waals surface area contributed by atoms with Gasteiger partial charge in [-0.05, 0) is 55.8 Å². The molecule has 2 rings (SSSR count). The molecule has 0 spiro atoms. The molecule has 2 N–H and O–H groups in total. The van der Waals surface area contributed by atoms with Crippen molar-refractivity contribution in [3.63, 3.8) is 0 Å². The van der Waals surface area contributed by atoms with E-state index in [0.29, 0.717) is 12.2 Å². The third kappa shape index (κ3) is 3.99. The van der Waals surface area contributed by atoms with Gasteiger partial charge < -0.3 is 15.2 Å². The van der Waals surface area contributed by atoms with Crippen LogP contribution >= 0.6 is 0 Å². The average Bonchev–Trinajstić information content (AvgIpc) is 2.48. The van der Waals surface area contributed by atoms with Crippen molar-refractivity contribution < 1.29 is 14.6 Å². The summed E-state index contributed by atoms with van der Waals surface area (Å²) in [6.07, 6.45) is 0. The Morgan fingerprint density at radius 1 is 1.24 bits per heavy atom. The molecule has 1 unspecified atom stereocenters. The number of phenolic OH excluding ortho intramolecular Hbond substituents is 1. The fraction of sp³-hybridized carbons (Fsp3) is 0.235. The standard InChI is InChI=1S/C17H19NO3/c1-3-21-17(20)13-7-9-15(10-8-13)18-12(2)14-5-4-6-16(19)11-14/h4-12,18-19H,3H2,1-2H3. The molecule has 0 radical (unpaired) electrons. The van der Waals surface area contributed by atoms with Gasteiger partial charge in [0.05, 0.1) is 12.2 Å². The van der Waals surface area contributed by atoms with Gasteiger partial charge in [-0.25, -0.2) is 4.79 Å². The van der Waals surface area contributed by atoms with Crippen LogP contribution in [0, 0.1) is 0 Å². The summed E-state index contributed by atoms with van der Waals surface area (Å²) >= 11 is 0. The van der Waals surface area contributed by atoms with Crippen LogP contribution < -0.4 is 5.32 Å². The summed E-state index contributed by atoms with van der Waals surface area (Å²) in [5, 5.41) is 12.8. The van der Waals surface area contributed by atoms with Crippen LogP contribution in [0.1, 0.15) is 35.8 Å². The zero-order valence-electron chi connectivity index (χ0n) is 12.2. The van der Waals surface area contributed by atoms with Crippen molar-refractivity contribution in [1.82, 2.24) is 0 Å². The topological polar surface area (TPSA) is 58.6 Å². The summed E-state index contributed by atoms with van der Waals surface area (Å²) in [4.78, 5) is 11.6. The molecular formula is C17H19NO3. The second kappa shape index (κ2) is 6.79. The molecule has 0 bridgehead atoms. The molecule has 21 heavy (non-hydrogen) atoms. The molecule has 4 nitrogen and oxygen atoms in total. The van der Waals surface area contributed by atoms with Crippen LogP contribution in [0.15, 0.2) is 48.5 Å². The third-order valence-corrected chi connectivity index (χ3v) is 3.15. The number of rotatable bonds is 5. The van der Waals surface area contributed by atoms with Crippen LogP contribution in [0.3, 0.4) is 0 Å². The van der Waals surface area contributed by atoms with E-state index in [9.17, 15) is 9.90 Å². The summed E-state index contributed by atoms with van der Waals surface area (Å²) in [5.41, 5.74) is 2.43. The zero-order chi connectivity index (χ0) is 15.2. The Hall–Kier alpha value is -2.49. The van der Waals surface area contributed by atoms with Crippen LogP contribution in [0.25, 0.3) is 0 Å². The predicted molar refractivity (Wildman–Crippen MR) is 82.5 cm³/mol. The van der Waals surface area contributed by atoms with Gasteiger partial charge in [0.25, 0.3) is 0 Å². The van der Waals surface area contributed by atoms with Crippen LogP contribution in [0.2, 0.25) is 0 Å². The molecule has 0 amide bonds. The minimum absolute atomic E-state index is 0.0468. The maximum absolute atomic E-state index is 11.6. The van der Waals surface area contributed by atoms with Crippen LogP contribution in [-0.4, -0.2) is 17.7 Å². The number of nitrogens with one attached hydrogen (secondary N) is 1. The first-order valence-corrected chi connectivity index (χ1v) is 6.93. The summed E-state index contributed by atoms with van der Waals surface area (Å²) in [6, 6.07) is 14.3. The Kier molecular flexibility index (Phi) is 4.82. The minimum Gasteiger partial charge on any atom is -0.508 e. The lowest BCUT2D eigenvalue weighted by atomic mass is 10.1. The highest BCUT2D eigenvalue weighted by Crippen LogP contribution is 2.22. The molecule has 4 heteroatoms. The number of carbonyl (C=O) groups is 1. The fourth-order valence-corrected chi connectivity index (χ4v) is 2.04. The summed E-state index contributed by atoms with van der Waals surface area (Å²) < 4.78 is 4.94. The van der Waals surface area contributed by atoms with Gasteiger partial charge in [0, 0.05) is 11.7 Å². The summed E-state index contributed by atoms with van der Waals surface area (Å²) in [7, 11) is 0. The average molecular weight is 285 g/mol. The molecular weight excluding hydrogens is 266 g/mol. The normalized spacial score (nSPS) is 11.7. The highest BCUT2D eigenvalue weighted by Gasteiger charge is 2.08. The first-order chi connectivity index (χ1) is 10.1. The number of phenols is 1. The van der Waals surface area contributed by atoms with E-state index < -0.39 is 0 Å². The van der Waals surface area contributed by atoms with Crippen molar-refractivity contribution in [1.29, 1.82) is 0 Å². The maximum atomic E-state index is 11.6. The largest absolute Gasteiger partial charge is 0.508 e. The van der Waals surface area contributed by atoms with E-state index >= 15 is 0 Å². The van der Waals surface area contributed by atoms with Crippen LogP contribution in [0.5, 0.6) is 5.75 Å². The van der Waals surface area contributed by atoms with E-state index in [1.165, 1.54) is 0 Å². The van der Waals surface area contributed by atoms with E-state index in [4.69, 9.17) is 4.74 Å². The van der Waals surface area contributed by atoms with Gasteiger partial charge in [0.2, 0.25) is 0 Å². The number of anilines is 1. The van der Waals surface area contributed by atoms with E-state index in [-0.39, 0.29) is 17.8 Å². The Morgan fingerprint density at radius 2 is 1.95 bits per heavy atom. The molecule has 0 saturated heterocycles. The van der Waals surface area contributed by atoms with Crippen molar-refractivity contribution in [3.8, 4) is 5.75 Å². The lowest BCUT2D eigenvalue weighted by molar-refractivity contribution is 0.0526. The molecule has 0 fully saturated rings. The smallest absolute Gasteiger partial charge is 0.338 e. The summed E-state index contributed by atoms with van der Waals surface area (Å²) in [5.74, 6) is -0.0658. The van der Waals surface area contributed by atoms with Crippen molar-refractivity contribution >= 4 is 11.7 Å². The Labute approximate surface area is 124 Å². The first-order valence-electron chi connectivity index (χ1n) is 6.93. The zero-order valence-corrected chi connectivity index (χ0v) is 12.2. The van der Waals surface area contributed by atoms with E-state index in [1.807, 2.05) is 31.2 Å². The molecule has 0 aliphatic heterocycles. The molecule has 0 saturated carbocycles. The van der Waals surface area contributed by atoms with E-state index in [2.05, 4.69) is 5.32 Å². The third-order valence-electron chi connectivity index (χ3n) is 3.15. The molecule has 0 aliphatic rings. The predicted octanol–water partition coefficient (Wildman–Crippen LogP) is 3.74. The maximum Gasteiger partial charge on any atom is 0.338 e. The van der Waals surface area contributed by atoms with Gasteiger partial charge in [-0.1, -0.05) is 12.1 Å².